The fourth-order valence-corrected chi connectivity index (χ4v) is 4.96. The maximum absolute atomic E-state index is 6.39. The molecule has 0 saturated heterocycles. The van der Waals surface area contributed by atoms with Crippen LogP contribution in [0.25, 0.3) is 0 Å². The van der Waals surface area contributed by atoms with E-state index in [-0.39, 0.29) is 10.8 Å². The molecule has 0 aliphatic heterocycles. The van der Waals surface area contributed by atoms with E-state index in [1.807, 2.05) is 0 Å². The van der Waals surface area contributed by atoms with Crippen molar-refractivity contribution in [3.63, 3.8) is 0 Å². The first-order chi connectivity index (χ1) is 5.66. The van der Waals surface area contributed by atoms with Crippen molar-refractivity contribution in [1.29, 1.82) is 0 Å². The fourth-order valence-electron chi connectivity index (χ4n) is 3.65. The number of rotatable bonds is 0. The minimum atomic E-state index is -0.401. The Labute approximate surface area is 82.9 Å². The summed E-state index contributed by atoms with van der Waals surface area (Å²) >= 11 is 12.8. The highest BCUT2D eigenvalue weighted by atomic mass is 35.5. The maximum atomic E-state index is 6.39. The molecule has 0 unspecified atom stereocenters. The Morgan fingerprint density at radius 2 is 1.42 bits per heavy atom. The van der Waals surface area contributed by atoms with E-state index in [1.54, 1.807) is 0 Å². The predicted octanol–water partition coefficient (Wildman–Crippen LogP) is 3.68. The second-order valence-corrected chi connectivity index (χ2v) is 5.80. The number of alkyl halides is 2. The van der Waals surface area contributed by atoms with Gasteiger partial charge in [0.1, 0.15) is 4.33 Å². The Balaban J connectivity index is 2.11. The molecule has 2 atom stereocenters. The Bertz CT molecular complexity index is 245. The summed E-state index contributed by atoms with van der Waals surface area (Å²) in [7, 11) is 0. The summed E-state index contributed by atoms with van der Waals surface area (Å²) < 4.78 is -0.401. The first-order valence-corrected chi connectivity index (χ1v) is 5.45. The van der Waals surface area contributed by atoms with Gasteiger partial charge in [-0.3, -0.25) is 0 Å². The second-order valence-electron chi connectivity index (χ2n) is 4.47. The Hall–Kier alpha value is 0.320. The third-order valence-electron chi connectivity index (χ3n) is 4.36. The molecule has 0 aromatic heterocycles. The van der Waals surface area contributed by atoms with Gasteiger partial charge in [0, 0.05) is 10.8 Å². The van der Waals surface area contributed by atoms with Crippen molar-refractivity contribution < 1.29 is 0 Å². The molecule has 0 nitrogen and oxygen atoms in total. The van der Waals surface area contributed by atoms with Crippen LogP contribution in [0.3, 0.4) is 0 Å². The van der Waals surface area contributed by atoms with Crippen molar-refractivity contribution in [1.82, 2.24) is 0 Å². The van der Waals surface area contributed by atoms with Crippen LogP contribution in [0.4, 0.5) is 0 Å². The molecule has 0 bridgehead atoms. The van der Waals surface area contributed by atoms with E-state index in [1.165, 1.54) is 19.3 Å². The van der Waals surface area contributed by atoms with Crippen LogP contribution in [0.2, 0.25) is 0 Å². The summed E-state index contributed by atoms with van der Waals surface area (Å²) in [5.74, 6) is 0. The van der Waals surface area contributed by atoms with E-state index in [4.69, 9.17) is 23.2 Å². The van der Waals surface area contributed by atoms with Gasteiger partial charge in [-0.15, -0.1) is 23.2 Å². The topological polar surface area (TPSA) is 0 Å². The SMILES string of the molecule is ClC1(Cl)[C@@]23CC=CC[C@@]12CCC3. The van der Waals surface area contributed by atoms with Crippen LogP contribution in [0, 0.1) is 10.8 Å². The van der Waals surface area contributed by atoms with E-state index < -0.39 is 4.33 Å². The molecule has 66 valence electrons. The van der Waals surface area contributed by atoms with Gasteiger partial charge in [0.05, 0.1) is 0 Å². The van der Waals surface area contributed by atoms with E-state index in [0.717, 1.165) is 12.8 Å². The lowest BCUT2D eigenvalue weighted by Crippen LogP contribution is -2.08. The average molecular weight is 203 g/mol. The molecule has 0 heterocycles. The zero-order chi connectivity index (χ0) is 8.45. The first kappa shape index (κ1) is 7.70. The third-order valence-corrected chi connectivity index (χ3v) is 5.81. The maximum Gasteiger partial charge on any atom is 0.131 e. The standard InChI is InChI=1S/C10H12Cl2/c11-10(12)8-4-1-2-5-9(8,10)7-3-6-8/h1-2H,3-7H2/t8-,9+. The normalized spacial score (nSPS) is 53.2. The molecule has 0 N–H and O–H groups in total. The van der Waals surface area contributed by atoms with Crippen LogP contribution in [0.1, 0.15) is 32.1 Å². The molecule has 0 spiro atoms. The smallest absolute Gasteiger partial charge is 0.100 e. The average Bonchev–Trinajstić information content (AvgIpc) is 2.44. The summed E-state index contributed by atoms with van der Waals surface area (Å²) in [6.07, 6.45) is 10.5. The van der Waals surface area contributed by atoms with Gasteiger partial charge in [0.25, 0.3) is 0 Å². The molecule has 0 aromatic rings. The molecule has 3 aliphatic carbocycles. The van der Waals surface area contributed by atoms with Crippen LogP contribution in [-0.2, 0) is 0 Å². The van der Waals surface area contributed by atoms with Gasteiger partial charge in [0.15, 0.2) is 0 Å². The molecule has 2 heteroatoms. The van der Waals surface area contributed by atoms with Crippen LogP contribution in [-0.4, -0.2) is 4.33 Å². The van der Waals surface area contributed by atoms with Crippen molar-refractivity contribution >= 4 is 23.2 Å². The number of halogens is 2. The molecular formula is C10H12Cl2. The molecule has 3 rings (SSSR count). The number of hydrogen-bond donors (Lipinski definition) is 0. The molecule has 2 fully saturated rings. The molecule has 0 amide bonds. The van der Waals surface area contributed by atoms with Crippen molar-refractivity contribution in [2.24, 2.45) is 10.8 Å². The van der Waals surface area contributed by atoms with Crippen molar-refractivity contribution in [3.8, 4) is 0 Å². The van der Waals surface area contributed by atoms with Crippen molar-refractivity contribution in [2.45, 2.75) is 36.4 Å². The number of hydrogen-bond acceptors (Lipinski definition) is 0. The molecule has 0 aromatic carbocycles. The van der Waals surface area contributed by atoms with Gasteiger partial charge >= 0.3 is 0 Å². The monoisotopic (exact) mass is 202 g/mol. The summed E-state index contributed by atoms with van der Waals surface area (Å²) in [4.78, 5) is 0. The van der Waals surface area contributed by atoms with Crippen LogP contribution >= 0.6 is 23.2 Å². The Morgan fingerprint density at radius 1 is 0.917 bits per heavy atom. The highest BCUT2D eigenvalue weighted by molar-refractivity contribution is 6.52. The second kappa shape index (κ2) is 1.88. The highest BCUT2D eigenvalue weighted by Crippen LogP contribution is 2.88. The Kier molecular flexibility index (Phi) is 1.21. The first-order valence-electron chi connectivity index (χ1n) is 4.69. The van der Waals surface area contributed by atoms with E-state index in [0.29, 0.717) is 0 Å². The van der Waals surface area contributed by atoms with Crippen molar-refractivity contribution in [3.05, 3.63) is 12.2 Å². The highest BCUT2D eigenvalue weighted by Gasteiger charge is 2.86. The van der Waals surface area contributed by atoms with Gasteiger partial charge in [0.2, 0.25) is 0 Å². The molecule has 0 radical (unpaired) electrons. The van der Waals surface area contributed by atoms with Crippen molar-refractivity contribution in [2.75, 3.05) is 0 Å². The molecule has 2 saturated carbocycles. The van der Waals surface area contributed by atoms with Gasteiger partial charge < -0.3 is 0 Å². The zero-order valence-corrected chi connectivity index (χ0v) is 8.46. The molecular weight excluding hydrogens is 191 g/mol. The molecule has 12 heavy (non-hydrogen) atoms. The summed E-state index contributed by atoms with van der Waals surface area (Å²) in [6, 6.07) is 0. The third kappa shape index (κ3) is 0.501. The lowest BCUT2D eigenvalue weighted by atomic mass is 9.86. The summed E-state index contributed by atoms with van der Waals surface area (Å²) in [6.45, 7) is 0. The minimum Gasteiger partial charge on any atom is -0.100 e. The number of allylic oxidation sites excluding steroid dienone is 2. The van der Waals surface area contributed by atoms with E-state index in [2.05, 4.69) is 12.2 Å². The molecule has 3 aliphatic rings. The van der Waals surface area contributed by atoms with Gasteiger partial charge in [-0.1, -0.05) is 18.6 Å². The zero-order valence-electron chi connectivity index (χ0n) is 6.95. The predicted molar refractivity (Wildman–Crippen MR) is 51.5 cm³/mol. The van der Waals surface area contributed by atoms with E-state index in [9.17, 15) is 0 Å². The van der Waals surface area contributed by atoms with Gasteiger partial charge in [-0.05, 0) is 25.7 Å². The largest absolute Gasteiger partial charge is 0.131 e. The lowest BCUT2D eigenvalue weighted by molar-refractivity contribution is 0.380. The quantitative estimate of drug-likeness (QED) is 0.416. The minimum absolute atomic E-state index is 0.276. The van der Waals surface area contributed by atoms with E-state index >= 15 is 0 Å². The lowest BCUT2D eigenvalue weighted by Gasteiger charge is -2.16. The van der Waals surface area contributed by atoms with Crippen LogP contribution in [0.15, 0.2) is 12.2 Å². The Morgan fingerprint density at radius 3 is 1.92 bits per heavy atom. The van der Waals surface area contributed by atoms with Crippen LogP contribution in [0.5, 0.6) is 0 Å². The van der Waals surface area contributed by atoms with Crippen LogP contribution < -0.4 is 0 Å². The summed E-state index contributed by atoms with van der Waals surface area (Å²) in [5.41, 5.74) is 0.551. The summed E-state index contributed by atoms with van der Waals surface area (Å²) in [5, 5.41) is 0. The fraction of sp³-hybridized carbons (Fsp3) is 0.800. The van der Waals surface area contributed by atoms with Gasteiger partial charge in [-0.2, -0.15) is 0 Å². The van der Waals surface area contributed by atoms with Gasteiger partial charge in [-0.25, -0.2) is 0 Å².